The Bertz CT molecular complexity index is 391. The number of aromatic nitrogens is 2. The molecule has 15 heavy (non-hydrogen) atoms. The van der Waals surface area contributed by atoms with E-state index in [-0.39, 0.29) is 12.2 Å². The number of H-pyrrole nitrogens is 2. The molecule has 1 heterocycles. The van der Waals surface area contributed by atoms with Crippen molar-refractivity contribution in [3.8, 4) is 0 Å². The molecule has 0 aliphatic carbocycles. The first kappa shape index (κ1) is 11.5. The van der Waals surface area contributed by atoms with E-state index in [2.05, 4.69) is 15.3 Å². The number of rotatable bonds is 4. The number of imidazole rings is 1. The molecule has 1 amide bonds. The maximum absolute atomic E-state index is 11.4. The van der Waals surface area contributed by atoms with Gasteiger partial charge in [0.2, 0.25) is 0 Å². The van der Waals surface area contributed by atoms with Crippen LogP contribution in [0.2, 0.25) is 0 Å². The fraction of sp³-hybridized carbons (Fsp3) is 0.556. The molecule has 0 saturated carbocycles. The second-order valence-corrected chi connectivity index (χ2v) is 3.69. The third-order valence-corrected chi connectivity index (χ3v) is 2.23. The van der Waals surface area contributed by atoms with E-state index in [0.717, 1.165) is 0 Å². The number of aliphatic hydroxyl groups is 1. The Morgan fingerprint density at radius 3 is 2.80 bits per heavy atom. The summed E-state index contributed by atoms with van der Waals surface area (Å²) in [7, 11) is 0. The predicted octanol–water partition coefficient (Wildman–Crippen LogP) is -0.406. The van der Waals surface area contributed by atoms with Gasteiger partial charge in [0.15, 0.2) is 0 Å². The lowest BCUT2D eigenvalue weighted by atomic mass is 10.0. The molecule has 0 spiro atoms. The fourth-order valence-electron chi connectivity index (χ4n) is 0.945. The zero-order valence-corrected chi connectivity index (χ0v) is 8.76. The van der Waals surface area contributed by atoms with Gasteiger partial charge in [-0.05, 0) is 13.3 Å². The lowest BCUT2D eigenvalue weighted by Gasteiger charge is -2.21. The highest BCUT2D eigenvalue weighted by Gasteiger charge is 2.19. The molecule has 1 atom stereocenters. The van der Waals surface area contributed by atoms with Crippen molar-refractivity contribution in [3.05, 3.63) is 22.4 Å². The SMILES string of the molecule is CCC(C)(O)CNC(=O)c1c[nH]c(=O)[nH]1. The lowest BCUT2D eigenvalue weighted by Crippen LogP contribution is -2.40. The van der Waals surface area contributed by atoms with Crippen LogP contribution in [-0.4, -0.2) is 33.1 Å². The highest BCUT2D eigenvalue weighted by atomic mass is 16.3. The Labute approximate surface area is 86.7 Å². The number of hydrogen-bond acceptors (Lipinski definition) is 3. The summed E-state index contributed by atoms with van der Waals surface area (Å²) in [5, 5.41) is 12.2. The Kier molecular flexibility index (Phi) is 3.31. The summed E-state index contributed by atoms with van der Waals surface area (Å²) >= 11 is 0. The Morgan fingerprint density at radius 1 is 1.67 bits per heavy atom. The minimum Gasteiger partial charge on any atom is -0.388 e. The highest BCUT2D eigenvalue weighted by molar-refractivity contribution is 5.91. The molecule has 84 valence electrons. The summed E-state index contributed by atoms with van der Waals surface area (Å²) in [6.07, 6.45) is 1.83. The molecule has 4 N–H and O–H groups in total. The monoisotopic (exact) mass is 213 g/mol. The standard InChI is InChI=1S/C9H15N3O3/c1-3-9(2,15)5-11-7(13)6-4-10-8(14)12-6/h4,15H,3,5H2,1-2H3,(H,11,13)(H2,10,12,14). The maximum Gasteiger partial charge on any atom is 0.323 e. The zero-order valence-electron chi connectivity index (χ0n) is 8.76. The number of hydrogen-bond donors (Lipinski definition) is 4. The van der Waals surface area contributed by atoms with Gasteiger partial charge < -0.3 is 20.4 Å². The zero-order chi connectivity index (χ0) is 11.5. The number of amides is 1. The van der Waals surface area contributed by atoms with E-state index in [0.29, 0.717) is 6.42 Å². The van der Waals surface area contributed by atoms with E-state index in [9.17, 15) is 14.7 Å². The van der Waals surface area contributed by atoms with Gasteiger partial charge in [-0.3, -0.25) is 4.79 Å². The molecule has 0 bridgehead atoms. The molecule has 0 aliphatic rings. The van der Waals surface area contributed by atoms with Crippen LogP contribution in [0.4, 0.5) is 0 Å². The van der Waals surface area contributed by atoms with Gasteiger partial charge in [0.25, 0.3) is 5.91 Å². The number of aromatic amines is 2. The van der Waals surface area contributed by atoms with E-state index in [1.54, 1.807) is 6.92 Å². The van der Waals surface area contributed by atoms with Crippen molar-refractivity contribution in [2.45, 2.75) is 25.9 Å². The molecule has 1 rings (SSSR count). The minimum absolute atomic E-state index is 0.148. The van der Waals surface area contributed by atoms with E-state index in [1.807, 2.05) is 6.92 Å². The summed E-state index contributed by atoms with van der Waals surface area (Å²) in [5.74, 6) is -0.415. The molecule has 0 radical (unpaired) electrons. The summed E-state index contributed by atoms with van der Waals surface area (Å²) in [4.78, 5) is 26.8. The largest absolute Gasteiger partial charge is 0.388 e. The average Bonchev–Trinajstić information content (AvgIpc) is 2.61. The molecule has 0 aromatic carbocycles. The van der Waals surface area contributed by atoms with E-state index in [1.165, 1.54) is 6.20 Å². The summed E-state index contributed by atoms with van der Waals surface area (Å²) in [6, 6.07) is 0. The smallest absolute Gasteiger partial charge is 0.323 e. The van der Waals surface area contributed by atoms with Gasteiger partial charge in [0, 0.05) is 12.7 Å². The third kappa shape index (κ3) is 3.25. The van der Waals surface area contributed by atoms with Crippen molar-refractivity contribution in [3.63, 3.8) is 0 Å². The second kappa shape index (κ2) is 4.31. The summed E-state index contributed by atoms with van der Waals surface area (Å²) in [5.41, 5.74) is -1.19. The Morgan fingerprint density at radius 2 is 2.33 bits per heavy atom. The van der Waals surface area contributed by atoms with Crippen LogP contribution < -0.4 is 11.0 Å². The normalized spacial score (nSPS) is 14.6. The molecular formula is C9H15N3O3. The van der Waals surface area contributed by atoms with Crippen molar-refractivity contribution in [1.29, 1.82) is 0 Å². The van der Waals surface area contributed by atoms with Gasteiger partial charge in [-0.25, -0.2) is 4.79 Å². The van der Waals surface area contributed by atoms with Crippen LogP contribution in [0.15, 0.2) is 11.0 Å². The fourth-order valence-corrected chi connectivity index (χ4v) is 0.945. The van der Waals surface area contributed by atoms with Crippen LogP contribution in [0.5, 0.6) is 0 Å². The van der Waals surface area contributed by atoms with Crippen molar-refractivity contribution < 1.29 is 9.90 Å². The summed E-state index contributed by atoms with van der Waals surface area (Å²) < 4.78 is 0. The van der Waals surface area contributed by atoms with E-state index < -0.39 is 17.2 Å². The Balaban J connectivity index is 2.54. The molecule has 1 aromatic rings. The topological polar surface area (TPSA) is 98.0 Å². The first-order chi connectivity index (χ1) is 6.94. The van der Waals surface area contributed by atoms with Crippen LogP contribution >= 0.6 is 0 Å². The quantitative estimate of drug-likeness (QED) is 0.547. The molecule has 0 fully saturated rings. The second-order valence-electron chi connectivity index (χ2n) is 3.69. The van der Waals surface area contributed by atoms with E-state index >= 15 is 0 Å². The van der Waals surface area contributed by atoms with Gasteiger partial charge in [-0.2, -0.15) is 0 Å². The maximum atomic E-state index is 11.4. The van der Waals surface area contributed by atoms with Gasteiger partial charge in [0.1, 0.15) is 5.69 Å². The predicted molar refractivity (Wildman–Crippen MR) is 54.7 cm³/mol. The van der Waals surface area contributed by atoms with Crippen LogP contribution in [0, 0.1) is 0 Å². The minimum atomic E-state index is -0.924. The Hall–Kier alpha value is -1.56. The highest BCUT2D eigenvalue weighted by Crippen LogP contribution is 2.06. The van der Waals surface area contributed by atoms with Gasteiger partial charge >= 0.3 is 5.69 Å². The van der Waals surface area contributed by atoms with Crippen LogP contribution in [0.1, 0.15) is 30.8 Å². The molecule has 6 heteroatoms. The van der Waals surface area contributed by atoms with Gasteiger partial charge in [0.05, 0.1) is 5.60 Å². The first-order valence-electron chi connectivity index (χ1n) is 4.73. The van der Waals surface area contributed by atoms with Crippen molar-refractivity contribution >= 4 is 5.91 Å². The van der Waals surface area contributed by atoms with Crippen molar-refractivity contribution in [2.24, 2.45) is 0 Å². The molecule has 0 aliphatic heterocycles. The van der Waals surface area contributed by atoms with Crippen molar-refractivity contribution in [2.75, 3.05) is 6.54 Å². The molecule has 0 saturated heterocycles. The molecular weight excluding hydrogens is 198 g/mol. The van der Waals surface area contributed by atoms with Gasteiger partial charge in [-0.1, -0.05) is 6.92 Å². The van der Waals surface area contributed by atoms with Gasteiger partial charge in [-0.15, -0.1) is 0 Å². The first-order valence-corrected chi connectivity index (χ1v) is 4.73. The van der Waals surface area contributed by atoms with Crippen LogP contribution in [-0.2, 0) is 0 Å². The van der Waals surface area contributed by atoms with Crippen molar-refractivity contribution in [1.82, 2.24) is 15.3 Å². The van der Waals surface area contributed by atoms with E-state index in [4.69, 9.17) is 0 Å². The average molecular weight is 213 g/mol. The molecule has 6 nitrogen and oxygen atoms in total. The third-order valence-electron chi connectivity index (χ3n) is 2.23. The molecule has 1 unspecified atom stereocenters. The number of carbonyl (C=O) groups excluding carboxylic acids is 1. The molecule has 1 aromatic heterocycles. The number of nitrogens with one attached hydrogen (secondary N) is 3. The lowest BCUT2D eigenvalue weighted by molar-refractivity contribution is 0.0517. The summed E-state index contributed by atoms with van der Waals surface area (Å²) in [6.45, 7) is 3.60. The number of carbonyl (C=O) groups is 1. The van der Waals surface area contributed by atoms with Crippen LogP contribution in [0.25, 0.3) is 0 Å². The van der Waals surface area contributed by atoms with Crippen LogP contribution in [0.3, 0.4) is 0 Å².